The molecule has 1 aromatic heterocycles. The van der Waals surface area contributed by atoms with Gasteiger partial charge in [-0.3, -0.25) is 24.2 Å². The Hall–Kier alpha value is -3.11. The van der Waals surface area contributed by atoms with Crippen LogP contribution in [0.15, 0.2) is 24.4 Å². The SMILES string of the molecule is COc1ccc2c(c1)c(C(C(=O)O)N1CCN(CC(=O)N(C)C)CC1)cn2CC(=O)O. The van der Waals surface area contributed by atoms with Crippen molar-refractivity contribution in [3.05, 3.63) is 30.0 Å². The van der Waals surface area contributed by atoms with Crippen LogP contribution >= 0.6 is 0 Å². The normalized spacial score (nSPS) is 16.2. The summed E-state index contributed by atoms with van der Waals surface area (Å²) in [6, 6.07) is 4.27. The first-order valence-electron chi connectivity index (χ1n) is 9.99. The number of fused-ring (bicyclic) bond motifs is 1. The second-order valence-corrected chi connectivity index (χ2v) is 7.83. The number of hydrogen-bond acceptors (Lipinski definition) is 6. The summed E-state index contributed by atoms with van der Waals surface area (Å²) in [6.45, 7) is 2.13. The molecule has 168 valence electrons. The van der Waals surface area contributed by atoms with Gasteiger partial charge in [0.05, 0.1) is 13.7 Å². The molecule has 1 unspecified atom stereocenters. The lowest BCUT2D eigenvalue weighted by molar-refractivity contribution is -0.145. The van der Waals surface area contributed by atoms with Crippen molar-refractivity contribution in [1.82, 2.24) is 19.3 Å². The largest absolute Gasteiger partial charge is 0.497 e. The number of methoxy groups -OCH3 is 1. The van der Waals surface area contributed by atoms with Gasteiger partial charge in [-0.1, -0.05) is 0 Å². The first kappa shape index (κ1) is 22.6. The number of carbonyl (C=O) groups excluding carboxylic acids is 1. The minimum absolute atomic E-state index is 0.00655. The molecule has 31 heavy (non-hydrogen) atoms. The maximum atomic E-state index is 12.3. The molecule has 1 aliphatic heterocycles. The van der Waals surface area contributed by atoms with E-state index in [-0.39, 0.29) is 12.5 Å². The molecule has 1 saturated heterocycles. The summed E-state index contributed by atoms with van der Waals surface area (Å²) in [4.78, 5) is 41.0. The average molecular weight is 432 g/mol. The number of piperazine rings is 1. The fourth-order valence-corrected chi connectivity index (χ4v) is 3.92. The van der Waals surface area contributed by atoms with Gasteiger partial charge in [0, 0.05) is 62.9 Å². The molecule has 1 aromatic carbocycles. The Kier molecular flexibility index (Phi) is 6.81. The zero-order valence-corrected chi connectivity index (χ0v) is 17.9. The number of amides is 1. The average Bonchev–Trinajstić information content (AvgIpc) is 3.05. The van der Waals surface area contributed by atoms with E-state index >= 15 is 0 Å². The fourth-order valence-electron chi connectivity index (χ4n) is 3.92. The molecule has 0 radical (unpaired) electrons. The molecule has 2 N–H and O–H groups in total. The maximum Gasteiger partial charge on any atom is 0.325 e. The Morgan fingerprint density at radius 1 is 1.10 bits per heavy atom. The van der Waals surface area contributed by atoms with Crippen molar-refractivity contribution < 1.29 is 29.3 Å². The highest BCUT2D eigenvalue weighted by Gasteiger charge is 2.33. The second kappa shape index (κ2) is 9.36. The van der Waals surface area contributed by atoms with Gasteiger partial charge in [-0.05, 0) is 18.2 Å². The topological polar surface area (TPSA) is 116 Å². The monoisotopic (exact) mass is 432 g/mol. The first-order valence-corrected chi connectivity index (χ1v) is 9.99. The molecular formula is C21H28N4O6. The third-order valence-electron chi connectivity index (χ3n) is 5.58. The highest BCUT2D eigenvalue weighted by Crippen LogP contribution is 2.33. The van der Waals surface area contributed by atoms with Crippen LogP contribution in [-0.4, -0.2) is 101 Å². The van der Waals surface area contributed by atoms with Crippen LogP contribution in [0.25, 0.3) is 10.9 Å². The van der Waals surface area contributed by atoms with Gasteiger partial charge in [-0.25, -0.2) is 0 Å². The molecule has 0 saturated carbocycles. The molecule has 0 bridgehead atoms. The summed E-state index contributed by atoms with van der Waals surface area (Å²) >= 11 is 0. The Morgan fingerprint density at radius 2 is 1.77 bits per heavy atom. The van der Waals surface area contributed by atoms with E-state index in [0.717, 1.165) is 0 Å². The second-order valence-electron chi connectivity index (χ2n) is 7.83. The number of carbonyl (C=O) groups is 3. The predicted molar refractivity (Wildman–Crippen MR) is 113 cm³/mol. The Labute approximate surface area is 180 Å². The van der Waals surface area contributed by atoms with Crippen LogP contribution in [0, 0.1) is 0 Å². The van der Waals surface area contributed by atoms with Crippen molar-refractivity contribution in [2.24, 2.45) is 0 Å². The maximum absolute atomic E-state index is 12.3. The van der Waals surface area contributed by atoms with E-state index in [4.69, 9.17) is 4.74 Å². The molecule has 0 aliphatic carbocycles. The summed E-state index contributed by atoms with van der Waals surface area (Å²) in [5, 5.41) is 20.0. The van der Waals surface area contributed by atoms with Crippen LogP contribution < -0.4 is 4.74 Å². The van der Waals surface area contributed by atoms with Crippen LogP contribution in [0.2, 0.25) is 0 Å². The Bertz CT molecular complexity index is 978. The van der Waals surface area contributed by atoms with Crippen LogP contribution in [0.3, 0.4) is 0 Å². The first-order chi connectivity index (χ1) is 14.7. The van der Waals surface area contributed by atoms with Crippen molar-refractivity contribution in [3.63, 3.8) is 0 Å². The van der Waals surface area contributed by atoms with E-state index in [0.29, 0.717) is 54.9 Å². The number of aromatic nitrogens is 1. The van der Waals surface area contributed by atoms with E-state index in [2.05, 4.69) is 0 Å². The van der Waals surface area contributed by atoms with Gasteiger partial charge in [0.25, 0.3) is 0 Å². The van der Waals surface area contributed by atoms with Gasteiger partial charge >= 0.3 is 11.9 Å². The number of carboxylic acids is 2. The van der Waals surface area contributed by atoms with Gasteiger partial charge in [0.15, 0.2) is 0 Å². The number of carboxylic acid groups (broad SMARTS) is 2. The number of aliphatic carboxylic acids is 2. The summed E-state index contributed by atoms with van der Waals surface area (Å²) in [5.41, 5.74) is 1.17. The zero-order chi connectivity index (χ0) is 22.7. The van der Waals surface area contributed by atoms with Crippen molar-refractivity contribution in [2.75, 3.05) is 53.9 Å². The van der Waals surface area contributed by atoms with Gasteiger partial charge in [0.2, 0.25) is 5.91 Å². The molecule has 1 amide bonds. The Balaban J connectivity index is 1.90. The standard InChI is InChI=1S/C21H28N4O6/c1-22(2)18(26)12-23-6-8-24(9-7-23)20(21(29)30)16-11-25(13-19(27)28)17-5-4-14(31-3)10-15(16)17/h4-5,10-11,20H,6-9,12-13H2,1-3H3,(H,27,28)(H,29,30). The molecule has 1 fully saturated rings. The predicted octanol–water partition coefficient (Wildman–Crippen LogP) is 0.566. The fraction of sp³-hybridized carbons (Fsp3) is 0.476. The third kappa shape index (κ3) is 4.97. The lowest BCUT2D eigenvalue weighted by atomic mass is 10.0. The summed E-state index contributed by atoms with van der Waals surface area (Å²) in [6.07, 6.45) is 1.61. The highest BCUT2D eigenvalue weighted by molar-refractivity contribution is 5.91. The molecular weight excluding hydrogens is 404 g/mol. The number of benzene rings is 1. The van der Waals surface area contributed by atoms with Gasteiger partial charge in [-0.15, -0.1) is 0 Å². The summed E-state index contributed by atoms with van der Waals surface area (Å²) in [5.74, 6) is -1.44. The molecule has 2 heterocycles. The smallest absolute Gasteiger partial charge is 0.325 e. The zero-order valence-electron chi connectivity index (χ0n) is 17.9. The van der Waals surface area contributed by atoms with E-state index in [9.17, 15) is 24.6 Å². The van der Waals surface area contributed by atoms with Crippen molar-refractivity contribution in [3.8, 4) is 5.75 Å². The Morgan fingerprint density at radius 3 is 2.32 bits per heavy atom. The quantitative estimate of drug-likeness (QED) is 0.622. The van der Waals surface area contributed by atoms with Crippen molar-refractivity contribution in [1.29, 1.82) is 0 Å². The van der Waals surface area contributed by atoms with Crippen LogP contribution in [0.5, 0.6) is 5.75 Å². The van der Waals surface area contributed by atoms with E-state index in [1.165, 1.54) is 12.0 Å². The number of ether oxygens (including phenoxy) is 1. The van der Waals surface area contributed by atoms with Gasteiger partial charge in [0.1, 0.15) is 18.3 Å². The van der Waals surface area contributed by atoms with Gasteiger partial charge < -0.3 is 24.4 Å². The van der Waals surface area contributed by atoms with Crippen molar-refractivity contribution in [2.45, 2.75) is 12.6 Å². The lowest BCUT2D eigenvalue weighted by Gasteiger charge is -2.37. The molecule has 0 spiro atoms. The molecule has 10 nitrogen and oxygen atoms in total. The van der Waals surface area contributed by atoms with Crippen LogP contribution in [-0.2, 0) is 20.9 Å². The van der Waals surface area contributed by atoms with E-state index in [1.807, 2.05) is 9.80 Å². The molecule has 3 rings (SSSR count). The van der Waals surface area contributed by atoms with Gasteiger partial charge in [-0.2, -0.15) is 0 Å². The number of nitrogens with zero attached hydrogens (tertiary/aromatic N) is 4. The number of likely N-dealkylation sites (N-methyl/N-ethyl adjacent to an activating group) is 1. The number of rotatable bonds is 8. The molecule has 2 aromatic rings. The highest BCUT2D eigenvalue weighted by atomic mass is 16.5. The van der Waals surface area contributed by atoms with E-state index < -0.39 is 18.0 Å². The molecule has 1 atom stereocenters. The van der Waals surface area contributed by atoms with E-state index in [1.54, 1.807) is 43.1 Å². The van der Waals surface area contributed by atoms with Crippen molar-refractivity contribution >= 4 is 28.7 Å². The minimum atomic E-state index is -1.01. The van der Waals surface area contributed by atoms with Crippen LogP contribution in [0.1, 0.15) is 11.6 Å². The minimum Gasteiger partial charge on any atom is -0.497 e. The molecule has 10 heteroatoms. The summed E-state index contributed by atoms with van der Waals surface area (Å²) < 4.78 is 6.84. The third-order valence-corrected chi connectivity index (χ3v) is 5.58. The summed E-state index contributed by atoms with van der Waals surface area (Å²) in [7, 11) is 4.94. The molecule has 1 aliphatic rings. The lowest BCUT2D eigenvalue weighted by Crippen LogP contribution is -2.51. The van der Waals surface area contributed by atoms with Crippen LogP contribution in [0.4, 0.5) is 0 Å². The number of hydrogen-bond donors (Lipinski definition) is 2.